The highest BCUT2D eigenvalue weighted by atomic mass is 32.2. The van der Waals surface area contributed by atoms with E-state index in [4.69, 9.17) is 14.7 Å². The minimum atomic E-state index is 0.711. The van der Waals surface area contributed by atoms with Crippen molar-refractivity contribution in [3.8, 4) is 0 Å². The zero-order valence-electron chi connectivity index (χ0n) is 15.4. The van der Waals surface area contributed by atoms with Gasteiger partial charge in [-0.15, -0.1) is 0 Å². The number of hydrogen-bond donors (Lipinski definition) is 2. The third-order valence-electron chi connectivity index (χ3n) is 4.31. The summed E-state index contributed by atoms with van der Waals surface area (Å²) in [5.41, 5.74) is 2.01. The summed E-state index contributed by atoms with van der Waals surface area (Å²) in [6, 6.07) is 12.1. The van der Waals surface area contributed by atoms with Crippen LogP contribution < -0.4 is 10.2 Å². The second-order valence-corrected chi connectivity index (χ2v) is 7.42. The first-order valence-corrected chi connectivity index (χ1v) is 9.74. The molecule has 1 fully saturated rings. The lowest BCUT2D eigenvalue weighted by molar-refractivity contribution is 0.122. The fourth-order valence-electron chi connectivity index (χ4n) is 2.93. The maximum absolute atomic E-state index is 5.50. The standard InChI is InChI=1S/C19H22N6OS/c1-13-12-16(24-23-13)20-17-14(2)18(25-8-10-26-11-9-25)22-19(21-17)27-15-6-4-3-5-7-15/h3-7,12H,8-11H2,1-2H3,(H2,20,21,22,23,24). The van der Waals surface area contributed by atoms with Crippen LogP contribution in [-0.2, 0) is 4.74 Å². The van der Waals surface area contributed by atoms with Crippen molar-refractivity contribution < 1.29 is 4.74 Å². The molecule has 27 heavy (non-hydrogen) atoms. The minimum Gasteiger partial charge on any atom is -0.378 e. The van der Waals surface area contributed by atoms with Crippen LogP contribution in [0.3, 0.4) is 0 Å². The van der Waals surface area contributed by atoms with E-state index in [0.29, 0.717) is 18.4 Å². The molecule has 1 aliphatic heterocycles. The number of nitrogens with zero attached hydrogens (tertiary/aromatic N) is 4. The predicted octanol–water partition coefficient (Wildman–Crippen LogP) is 3.55. The number of aromatic amines is 1. The summed E-state index contributed by atoms with van der Waals surface area (Å²) < 4.78 is 5.50. The molecule has 7 nitrogen and oxygen atoms in total. The van der Waals surface area contributed by atoms with E-state index in [1.807, 2.05) is 38.1 Å². The van der Waals surface area contributed by atoms with Crippen LogP contribution in [0, 0.1) is 13.8 Å². The summed E-state index contributed by atoms with van der Waals surface area (Å²) in [4.78, 5) is 13.0. The zero-order valence-corrected chi connectivity index (χ0v) is 16.2. The maximum atomic E-state index is 5.50. The van der Waals surface area contributed by atoms with Crippen LogP contribution >= 0.6 is 11.8 Å². The van der Waals surface area contributed by atoms with Gasteiger partial charge in [-0.2, -0.15) is 5.10 Å². The van der Waals surface area contributed by atoms with Crippen molar-refractivity contribution >= 4 is 29.2 Å². The van der Waals surface area contributed by atoms with Gasteiger partial charge >= 0.3 is 0 Å². The number of rotatable bonds is 5. The molecule has 1 saturated heterocycles. The van der Waals surface area contributed by atoms with Crippen molar-refractivity contribution in [1.82, 2.24) is 20.2 Å². The summed E-state index contributed by atoms with van der Waals surface area (Å²) in [5, 5.41) is 11.3. The number of hydrogen-bond acceptors (Lipinski definition) is 7. The average molecular weight is 382 g/mol. The fourth-order valence-corrected chi connectivity index (χ4v) is 3.71. The van der Waals surface area contributed by atoms with Gasteiger partial charge in [0.05, 0.1) is 13.2 Å². The molecule has 0 radical (unpaired) electrons. The molecule has 2 N–H and O–H groups in total. The highest BCUT2D eigenvalue weighted by Crippen LogP contribution is 2.32. The lowest BCUT2D eigenvalue weighted by Gasteiger charge is -2.29. The van der Waals surface area contributed by atoms with Crippen LogP contribution in [0.5, 0.6) is 0 Å². The van der Waals surface area contributed by atoms with Crippen molar-refractivity contribution in [3.05, 3.63) is 47.7 Å². The molecule has 0 aliphatic carbocycles. The van der Waals surface area contributed by atoms with Gasteiger partial charge in [0.25, 0.3) is 0 Å². The molecule has 140 valence electrons. The lowest BCUT2D eigenvalue weighted by atomic mass is 10.2. The molecular formula is C19H22N6OS. The third-order valence-corrected chi connectivity index (χ3v) is 5.19. The van der Waals surface area contributed by atoms with E-state index in [2.05, 4.69) is 32.5 Å². The molecule has 0 spiro atoms. The minimum absolute atomic E-state index is 0.711. The van der Waals surface area contributed by atoms with E-state index in [1.54, 1.807) is 11.8 Å². The quantitative estimate of drug-likeness (QED) is 0.653. The van der Waals surface area contributed by atoms with E-state index in [1.165, 1.54) is 0 Å². The van der Waals surface area contributed by atoms with Crippen molar-refractivity contribution in [2.45, 2.75) is 23.9 Å². The Bertz CT molecular complexity index is 908. The molecule has 8 heteroatoms. The number of aryl methyl sites for hydroxylation is 1. The van der Waals surface area contributed by atoms with Crippen LogP contribution in [0.1, 0.15) is 11.3 Å². The molecule has 0 bridgehead atoms. The number of H-pyrrole nitrogens is 1. The molecule has 0 atom stereocenters. The second-order valence-electron chi connectivity index (χ2n) is 6.38. The summed E-state index contributed by atoms with van der Waals surface area (Å²) >= 11 is 1.56. The van der Waals surface area contributed by atoms with Gasteiger partial charge in [0.15, 0.2) is 11.0 Å². The van der Waals surface area contributed by atoms with Crippen LogP contribution in [-0.4, -0.2) is 46.5 Å². The summed E-state index contributed by atoms with van der Waals surface area (Å²) in [6.07, 6.45) is 0. The maximum Gasteiger partial charge on any atom is 0.196 e. The average Bonchev–Trinajstić information content (AvgIpc) is 3.10. The normalized spacial score (nSPS) is 14.4. The molecule has 0 unspecified atom stereocenters. The van der Waals surface area contributed by atoms with E-state index in [0.717, 1.165) is 46.7 Å². The third kappa shape index (κ3) is 4.23. The van der Waals surface area contributed by atoms with Crippen LogP contribution in [0.25, 0.3) is 0 Å². The molecule has 0 saturated carbocycles. The summed E-state index contributed by atoms with van der Waals surface area (Å²) in [7, 11) is 0. The van der Waals surface area contributed by atoms with Crippen molar-refractivity contribution in [3.63, 3.8) is 0 Å². The Morgan fingerprint density at radius 2 is 1.89 bits per heavy atom. The molecule has 0 amide bonds. The first-order valence-electron chi connectivity index (χ1n) is 8.92. The van der Waals surface area contributed by atoms with Gasteiger partial charge in [-0.3, -0.25) is 5.10 Å². The molecule has 1 aromatic carbocycles. The Balaban J connectivity index is 1.70. The fraction of sp³-hybridized carbons (Fsp3) is 0.316. The number of aromatic nitrogens is 4. The first-order chi connectivity index (χ1) is 13.2. The van der Waals surface area contributed by atoms with Gasteiger partial charge in [-0.05, 0) is 37.7 Å². The molecule has 3 aromatic rings. The lowest BCUT2D eigenvalue weighted by Crippen LogP contribution is -2.37. The summed E-state index contributed by atoms with van der Waals surface area (Å²) in [5.74, 6) is 2.47. The highest BCUT2D eigenvalue weighted by molar-refractivity contribution is 7.99. The Morgan fingerprint density at radius 3 is 2.59 bits per heavy atom. The molecule has 2 aromatic heterocycles. The Kier molecular flexibility index (Phi) is 5.26. The summed E-state index contributed by atoms with van der Waals surface area (Å²) in [6.45, 7) is 7.10. The zero-order chi connectivity index (χ0) is 18.6. The predicted molar refractivity (Wildman–Crippen MR) is 107 cm³/mol. The van der Waals surface area contributed by atoms with Crippen molar-refractivity contribution in [2.24, 2.45) is 0 Å². The second kappa shape index (κ2) is 7.98. The molecule has 3 heterocycles. The van der Waals surface area contributed by atoms with Crippen molar-refractivity contribution in [1.29, 1.82) is 0 Å². The van der Waals surface area contributed by atoms with Gasteiger partial charge in [-0.25, -0.2) is 9.97 Å². The molecule has 4 rings (SSSR count). The van der Waals surface area contributed by atoms with Gasteiger partial charge in [0.2, 0.25) is 0 Å². The number of benzene rings is 1. The SMILES string of the molecule is Cc1cc(Nc2nc(Sc3ccccc3)nc(N3CCOCC3)c2C)n[nH]1. The van der Waals surface area contributed by atoms with E-state index in [-0.39, 0.29) is 0 Å². The van der Waals surface area contributed by atoms with Gasteiger partial charge in [0, 0.05) is 35.3 Å². The molecular weight excluding hydrogens is 360 g/mol. The number of nitrogens with one attached hydrogen (secondary N) is 2. The topological polar surface area (TPSA) is 79.0 Å². The van der Waals surface area contributed by atoms with E-state index in [9.17, 15) is 0 Å². The van der Waals surface area contributed by atoms with E-state index < -0.39 is 0 Å². The number of morpholine rings is 1. The Morgan fingerprint density at radius 1 is 1.11 bits per heavy atom. The Labute approximate surface area is 162 Å². The van der Waals surface area contributed by atoms with E-state index >= 15 is 0 Å². The highest BCUT2D eigenvalue weighted by Gasteiger charge is 2.20. The first kappa shape index (κ1) is 17.8. The largest absolute Gasteiger partial charge is 0.378 e. The smallest absolute Gasteiger partial charge is 0.196 e. The van der Waals surface area contributed by atoms with Gasteiger partial charge in [0.1, 0.15) is 11.6 Å². The van der Waals surface area contributed by atoms with Crippen molar-refractivity contribution in [2.75, 3.05) is 36.5 Å². The van der Waals surface area contributed by atoms with Crippen LogP contribution in [0.4, 0.5) is 17.5 Å². The number of ether oxygens (including phenoxy) is 1. The monoisotopic (exact) mass is 382 g/mol. The molecule has 1 aliphatic rings. The Hall–Kier alpha value is -2.58. The number of anilines is 3. The van der Waals surface area contributed by atoms with Crippen LogP contribution in [0.15, 0.2) is 46.5 Å². The van der Waals surface area contributed by atoms with Gasteiger partial charge in [-0.1, -0.05) is 18.2 Å². The van der Waals surface area contributed by atoms with Crippen LogP contribution in [0.2, 0.25) is 0 Å². The van der Waals surface area contributed by atoms with Gasteiger partial charge < -0.3 is 15.0 Å².